The summed E-state index contributed by atoms with van der Waals surface area (Å²) in [4.78, 5) is 11.5. The number of hydrogen-bond donors (Lipinski definition) is 0. The predicted octanol–water partition coefficient (Wildman–Crippen LogP) is 2.65. The Labute approximate surface area is 159 Å². The number of carbonyl (C=O) groups excluding carboxylic acids is 1. The van der Waals surface area contributed by atoms with Gasteiger partial charge in [-0.1, -0.05) is 16.8 Å². The number of anilines is 1. The number of rotatable bonds is 8. The Hall–Kier alpha value is -1.66. The van der Waals surface area contributed by atoms with E-state index in [9.17, 15) is 13.2 Å². The van der Waals surface area contributed by atoms with Gasteiger partial charge in [0, 0.05) is 7.11 Å². The topological polar surface area (TPSA) is 108 Å². The van der Waals surface area contributed by atoms with Crippen molar-refractivity contribution in [3.05, 3.63) is 27.0 Å². The molecule has 0 bridgehead atoms. The van der Waals surface area contributed by atoms with Gasteiger partial charge in [0.05, 0.1) is 7.11 Å². The molecule has 0 fully saturated rings. The maximum Gasteiger partial charge on any atom is 0.349 e. The van der Waals surface area contributed by atoms with Crippen LogP contribution in [0.5, 0.6) is 0 Å². The summed E-state index contributed by atoms with van der Waals surface area (Å²) in [7, 11) is -1.70. The lowest BCUT2D eigenvalue weighted by Crippen LogP contribution is -2.35. The first-order valence-corrected chi connectivity index (χ1v) is 9.88. The Morgan fingerprint density at radius 1 is 1.46 bits per heavy atom. The van der Waals surface area contributed by atoms with Crippen molar-refractivity contribution >= 4 is 44.8 Å². The second kappa shape index (κ2) is 8.35. The third kappa shape index (κ3) is 4.01. The van der Waals surface area contributed by atoms with E-state index in [1.165, 1.54) is 18.6 Å². The molecule has 2 aromatic rings. The van der Waals surface area contributed by atoms with E-state index in [0.29, 0.717) is 5.69 Å². The Balaban J connectivity index is 2.52. The van der Waals surface area contributed by atoms with E-state index in [1.54, 1.807) is 13.8 Å². The third-order valence-electron chi connectivity index (χ3n) is 3.33. The fourth-order valence-corrected chi connectivity index (χ4v) is 4.65. The number of sulfonamides is 1. The largest absolute Gasteiger partial charge is 0.465 e. The highest BCUT2D eigenvalue weighted by atomic mass is 35.5. The van der Waals surface area contributed by atoms with Gasteiger partial charge in [-0.05, 0) is 25.3 Å². The molecule has 0 radical (unpaired) electrons. The SMILES string of the molecule is COC(=O)c1sccc1S(=O)(=O)N(COC(C)OC)c1onc(C)c1Cl. The van der Waals surface area contributed by atoms with Gasteiger partial charge in [0.25, 0.3) is 15.9 Å². The Bertz CT molecular complexity index is 878. The van der Waals surface area contributed by atoms with Crippen LogP contribution in [0.3, 0.4) is 0 Å². The van der Waals surface area contributed by atoms with E-state index in [0.717, 1.165) is 22.8 Å². The number of ether oxygens (including phenoxy) is 3. The summed E-state index contributed by atoms with van der Waals surface area (Å²) in [5.74, 6) is -1.00. The zero-order valence-electron chi connectivity index (χ0n) is 14.4. The molecule has 0 aliphatic heterocycles. The first kappa shape index (κ1) is 20.6. The van der Waals surface area contributed by atoms with E-state index in [-0.39, 0.29) is 20.7 Å². The number of esters is 1. The van der Waals surface area contributed by atoms with E-state index < -0.39 is 29.0 Å². The van der Waals surface area contributed by atoms with Gasteiger partial charge in [0.1, 0.15) is 27.2 Å². The van der Waals surface area contributed by atoms with Gasteiger partial charge in [-0.2, -0.15) is 0 Å². The number of aryl methyl sites for hydroxylation is 1. The molecule has 0 saturated heterocycles. The minimum Gasteiger partial charge on any atom is -0.465 e. The highest BCUT2D eigenvalue weighted by molar-refractivity contribution is 7.93. The van der Waals surface area contributed by atoms with Crippen LogP contribution in [0.2, 0.25) is 5.02 Å². The van der Waals surface area contributed by atoms with Gasteiger partial charge in [-0.25, -0.2) is 17.5 Å². The highest BCUT2D eigenvalue weighted by Crippen LogP contribution is 2.35. The standard InChI is InChI=1S/C14H17ClN2O7S2/c1-8-11(15)13(24-16-8)17(7-23-9(2)21-3)26(19,20)10-5-6-25-12(10)14(18)22-4/h5-6,9H,7H2,1-4H3. The Morgan fingerprint density at radius 3 is 2.69 bits per heavy atom. The molecule has 26 heavy (non-hydrogen) atoms. The lowest BCUT2D eigenvalue weighted by Gasteiger charge is -2.23. The van der Waals surface area contributed by atoms with Crippen LogP contribution in [0, 0.1) is 6.92 Å². The molecule has 0 aromatic carbocycles. The normalized spacial score (nSPS) is 12.8. The van der Waals surface area contributed by atoms with Crippen LogP contribution in [-0.2, 0) is 24.2 Å². The molecule has 1 unspecified atom stereocenters. The fourth-order valence-electron chi connectivity index (χ4n) is 1.84. The zero-order valence-corrected chi connectivity index (χ0v) is 16.8. The van der Waals surface area contributed by atoms with E-state index in [4.69, 9.17) is 25.6 Å². The molecule has 1 atom stereocenters. The number of thiophene rings is 1. The Morgan fingerprint density at radius 2 is 2.15 bits per heavy atom. The first-order chi connectivity index (χ1) is 12.2. The molecule has 0 amide bonds. The van der Waals surface area contributed by atoms with Crippen LogP contribution < -0.4 is 4.31 Å². The van der Waals surface area contributed by atoms with Crippen LogP contribution in [0.25, 0.3) is 0 Å². The van der Waals surface area contributed by atoms with Gasteiger partial charge < -0.3 is 18.7 Å². The van der Waals surface area contributed by atoms with E-state index in [2.05, 4.69) is 9.89 Å². The number of methoxy groups -OCH3 is 2. The van der Waals surface area contributed by atoms with Crippen molar-refractivity contribution < 1.29 is 31.9 Å². The summed E-state index contributed by atoms with van der Waals surface area (Å²) in [6.07, 6.45) is -0.696. The smallest absolute Gasteiger partial charge is 0.349 e. The fraction of sp³-hybridized carbons (Fsp3) is 0.429. The molecule has 144 valence electrons. The van der Waals surface area contributed by atoms with Gasteiger partial charge in [0.15, 0.2) is 6.29 Å². The number of halogens is 1. The predicted molar refractivity (Wildman–Crippen MR) is 94.0 cm³/mol. The molecule has 0 aliphatic rings. The molecule has 0 N–H and O–H groups in total. The highest BCUT2D eigenvalue weighted by Gasteiger charge is 2.35. The Kier molecular flexibility index (Phi) is 6.64. The van der Waals surface area contributed by atoms with E-state index in [1.807, 2.05) is 0 Å². The summed E-state index contributed by atoms with van der Waals surface area (Å²) in [5.41, 5.74) is 0.306. The summed E-state index contributed by atoms with van der Waals surface area (Å²) < 4.78 is 47.1. The maximum absolute atomic E-state index is 13.2. The van der Waals surface area contributed by atoms with Crippen molar-refractivity contribution in [1.29, 1.82) is 0 Å². The molecule has 2 rings (SSSR count). The number of hydrogen-bond acceptors (Lipinski definition) is 9. The molecule has 0 aliphatic carbocycles. The van der Waals surface area contributed by atoms with Crippen molar-refractivity contribution in [2.24, 2.45) is 0 Å². The van der Waals surface area contributed by atoms with Gasteiger partial charge >= 0.3 is 5.97 Å². The molecule has 0 saturated carbocycles. The average molecular weight is 425 g/mol. The molecule has 12 heteroatoms. The van der Waals surface area contributed by atoms with Crippen LogP contribution >= 0.6 is 22.9 Å². The molecule has 2 aromatic heterocycles. The van der Waals surface area contributed by atoms with Crippen LogP contribution in [0.1, 0.15) is 22.3 Å². The minimum atomic E-state index is -4.27. The van der Waals surface area contributed by atoms with Crippen molar-refractivity contribution in [1.82, 2.24) is 5.16 Å². The quantitative estimate of drug-likeness (QED) is 0.470. The number of carbonyl (C=O) groups is 1. The zero-order chi connectivity index (χ0) is 19.5. The van der Waals surface area contributed by atoms with Crippen molar-refractivity contribution in [3.63, 3.8) is 0 Å². The summed E-state index contributed by atoms with van der Waals surface area (Å²) >= 11 is 7.05. The lowest BCUT2D eigenvalue weighted by atomic mass is 10.5. The van der Waals surface area contributed by atoms with Crippen molar-refractivity contribution in [2.45, 2.75) is 25.0 Å². The van der Waals surface area contributed by atoms with Crippen LogP contribution in [-0.4, -0.2) is 46.8 Å². The number of nitrogens with zero attached hydrogens (tertiary/aromatic N) is 2. The first-order valence-electron chi connectivity index (χ1n) is 7.18. The lowest BCUT2D eigenvalue weighted by molar-refractivity contribution is -0.108. The molecular formula is C14H17ClN2O7S2. The van der Waals surface area contributed by atoms with E-state index >= 15 is 0 Å². The average Bonchev–Trinajstić information content (AvgIpc) is 3.23. The van der Waals surface area contributed by atoms with Gasteiger partial charge in [-0.15, -0.1) is 11.3 Å². The molecule has 0 spiro atoms. The van der Waals surface area contributed by atoms with Crippen LogP contribution in [0.4, 0.5) is 5.88 Å². The minimum absolute atomic E-state index is 0.0112. The molecular weight excluding hydrogens is 408 g/mol. The summed E-state index contributed by atoms with van der Waals surface area (Å²) in [5, 5.41) is 5.14. The molecule has 9 nitrogen and oxygen atoms in total. The number of aromatic nitrogens is 1. The summed E-state index contributed by atoms with van der Waals surface area (Å²) in [6.45, 7) is 2.67. The third-order valence-corrected chi connectivity index (χ3v) is 6.53. The second-order valence-electron chi connectivity index (χ2n) is 4.95. The van der Waals surface area contributed by atoms with Crippen LogP contribution in [0.15, 0.2) is 20.9 Å². The summed E-state index contributed by atoms with van der Waals surface area (Å²) in [6, 6.07) is 1.29. The van der Waals surface area contributed by atoms with Crippen molar-refractivity contribution in [3.8, 4) is 0 Å². The molecule has 2 heterocycles. The second-order valence-corrected chi connectivity index (χ2v) is 8.07. The maximum atomic E-state index is 13.2. The monoisotopic (exact) mass is 424 g/mol. The van der Waals surface area contributed by atoms with Gasteiger partial charge in [0.2, 0.25) is 0 Å². The van der Waals surface area contributed by atoms with Gasteiger partial charge in [-0.3, -0.25) is 0 Å². The van der Waals surface area contributed by atoms with Crippen molar-refractivity contribution in [2.75, 3.05) is 25.3 Å².